The van der Waals surface area contributed by atoms with Crippen molar-refractivity contribution in [2.75, 3.05) is 39.7 Å². The first kappa shape index (κ1) is 30.7. The number of Topliss-reactive ketones (excluding diaryl/α,β-unsaturated/α-hetero) is 2. The number of rotatable bonds is 7. The van der Waals surface area contributed by atoms with Gasteiger partial charge in [0, 0.05) is 24.3 Å². The van der Waals surface area contributed by atoms with Gasteiger partial charge >= 0.3 is 6.09 Å². The molecular formula is C31H33N3O10. The number of aliphatic hydroxyl groups excluding tert-OH is 2. The van der Waals surface area contributed by atoms with Gasteiger partial charge in [-0.15, -0.1) is 0 Å². The van der Waals surface area contributed by atoms with Gasteiger partial charge in [0.15, 0.2) is 11.4 Å². The quantitative estimate of drug-likeness (QED) is 0.198. The SMILES string of the molecule is COCCOC(=O)Nc1ccc(-c2ccc(O)c3c2CC2CC4C(N(C)C)C(O)=C(C(N)=O)C(=O)C4(O)C(O)=C2C3=O)cc1. The van der Waals surface area contributed by atoms with Crippen LogP contribution in [-0.4, -0.2) is 95.0 Å². The Bertz CT molecular complexity index is 1630. The summed E-state index contributed by atoms with van der Waals surface area (Å²) < 4.78 is 9.86. The average Bonchev–Trinajstić information content (AvgIpc) is 2.95. The molecule has 0 spiro atoms. The van der Waals surface area contributed by atoms with Crippen LogP contribution in [0.5, 0.6) is 5.75 Å². The number of nitrogens with one attached hydrogen (secondary N) is 1. The van der Waals surface area contributed by atoms with Crippen molar-refractivity contribution in [3.05, 3.63) is 70.2 Å². The molecule has 0 heterocycles. The van der Waals surface area contributed by atoms with Crippen LogP contribution in [0.25, 0.3) is 11.1 Å². The molecule has 0 saturated heterocycles. The molecule has 44 heavy (non-hydrogen) atoms. The molecule has 7 N–H and O–H groups in total. The number of phenols is 1. The number of aromatic hydroxyl groups is 1. The van der Waals surface area contributed by atoms with E-state index in [1.165, 1.54) is 18.1 Å². The second kappa shape index (κ2) is 11.4. The Kier molecular flexibility index (Phi) is 7.97. The molecule has 2 aromatic rings. The third-order valence-electron chi connectivity index (χ3n) is 8.57. The third kappa shape index (κ3) is 4.78. The van der Waals surface area contributed by atoms with Crippen LogP contribution in [-0.2, 0) is 25.5 Å². The highest BCUT2D eigenvalue weighted by Gasteiger charge is 2.63. The zero-order valence-corrected chi connectivity index (χ0v) is 24.3. The number of ether oxygens (including phenoxy) is 2. The average molecular weight is 608 g/mol. The highest BCUT2D eigenvalue weighted by Crippen LogP contribution is 2.53. The number of hydrogen-bond donors (Lipinski definition) is 6. The standard InChI is InChI=1S/C31H33N3O10/c1-34(2)24-19-13-15-12-18-17(14-4-6-16(7-5-14)33-30(41)44-11-10-43-3)8-9-20(35)22(18)25(36)21(15)27(38)31(19,42)28(39)23(26(24)37)29(32)40/h4-9,15,19,24,35,37-38,42H,10-13H2,1-3H3,(H2,32,40)(H,33,41). The number of phenolic OH excluding ortho intramolecular Hbond substituents is 1. The summed E-state index contributed by atoms with van der Waals surface area (Å²) in [7, 11) is 4.63. The van der Waals surface area contributed by atoms with Crippen molar-refractivity contribution < 1.29 is 49.1 Å². The number of benzene rings is 2. The lowest BCUT2D eigenvalue weighted by Gasteiger charge is -2.50. The summed E-state index contributed by atoms with van der Waals surface area (Å²) in [6, 6.07) is 8.65. The van der Waals surface area contributed by atoms with Gasteiger partial charge in [-0.3, -0.25) is 24.6 Å². The molecule has 4 unspecified atom stereocenters. The predicted molar refractivity (Wildman–Crippen MR) is 156 cm³/mol. The maximum atomic E-state index is 13.9. The number of carbonyl (C=O) groups excluding carboxylic acids is 4. The molecule has 232 valence electrons. The van der Waals surface area contributed by atoms with Crippen LogP contribution >= 0.6 is 0 Å². The maximum Gasteiger partial charge on any atom is 0.411 e. The smallest absolute Gasteiger partial charge is 0.411 e. The third-order valence-corrected chi connectivity index (χ3v) is 8.57. The van der Waals surface area contributed by atoms with Gasteiger partial charge in [0.1, 0.15) is 29.4 Å². The van der Waals surface area contributed by atoms with Crippen LogP contribution in [0, 0.1) is 11.8 Å². The van der Waals surface area contributed by atoms with Gasteiger partial charge in [-0.1, -0.05) is 18.2 Å². The predicted octanol–water partition coefficient (Wildman–Crippen LogP) is 1.98. The minimum atomic E-state index is -2.70. The number of carbonyl (C=O) groups is 4. The van der Waals surface area contributed by atoms with Gasteiger partial charge < -0.3 is 35.6 Å². The topological polar surface area (TPSA) is 209 Å². The Hall–Kier alpha value is -4.72. The van der Waals surface area contributed by atoms with E-state index in [-0.39, 0.29) is 42.9 Å². The van der Waals surface area contributed by atoms with Crippen molar-refractivity contribution in [3.8, 4) is 16.9 Å². The van der Waals surface area contributed by atoms with Crippen LogP contribution in [0.3, 0.4) is 0 Å². The number of hydrogen-bond acceptors (Lipinski definition) is 11. The van der Waals surface area contributed by atoms with Crippen LogP contribution in [0.4, 0.5) is 10.5 Å². The number of ketones is 2. The fourth-order valence-corrected chi connectivity index (χ4v) is 6.63. The van der Waals surface area contributed by atoms with Gasteiger partial charge in [-0.2, -0.15) is 0 Å². The fraction of sp³-hybridized carbons (Fsp3) is 0.355. The van der Waals surface area contributed by atoms with Gasteiger partial charge in [-0.05, 0) is 67.7 Å². The van der Waals surface area contributed by atoms with Gasteiger partial charge in [0.2, 0.25) is 5.78 Å². The Morgan fingerprint density at radius 2 is 1.75 bits per heavy atom. The molecule has 0 saturated carbocycles. The summed E-state index contributed by atoms with van der Waals surface area (Å²) in [6.45, 7) is 0.344. The van der Waals surface area contributed by atoms with Crippen molar-refractivity contribution in [1.29, 1.82) is 0 Å². The largest absolute Gasteiger partial charge is 0.510 e. The molecule has 0 radical (unpaired) electrons. The van der Waals surface area contributed by atoms with Crippen LogP contribution in [0.1, 0.15) is 22.3 Å². The summed E-state index contributed by atoms with van der Waals surface area (Å²) in [6.07, 6.45) is -0.529. The molecule has 0 bridgehead atoms. The lowest BCUT2D eigenvalue weighted by molar-refractivity contribution is -0.148. The molecule has 2 amide bonds. The summed E-state index contributed by atoms with van der Waals surface area (Å²) in [5.74, 6) is -7.07. The monoisotopic (exact) mass is 607 g/mol. The number of likely N-dealkylation sites (N-methyl/N-ethyl adjacent to an activating group) is 1. The zero-order valence-electron chi connectivity index (χ0n) is 24.3. The highest BCUT2D eigenvalue weighted by atomic mass is 16.6. The normalized spacial score (nSPS) is 24.5. The molecule has 3 aliphatic carbocycles. The van der Waals surface area contributed by atoms with Crippen molar-refractivity contribution >= 4 is 29.3 Å². The van der Waals surface area contributed by atoms with E-state index in [0.717, 1.165) is 0 Å². The number of anilines is 1. The Balaban J connectivity index is 1.55. The van der Waals surface area contributed by atoms with Crippen LogP contribution in [0.2, 0.25) is 0 Å². The van der Waals surface area contributed by atoms with Gasteiger partial charge in [-0.25, -0.2) is 4.79 Å². The van der Waals surface area contributed by atoms with E-state index in [1.807, 2.05) is 0 Å². The van der Waals surface area contributed by atoms with Crippen LogP contribution in [0.15, 0.2) is 59.1 Å². The first-order valence-electron chi connectivity index (χ1n) is 13.9. The molecule has 5 rings (SSSR count). The minimum absolute atomic E-state index is 0.0189. The number of primary amides is 1. The fourth-order valence-electron chi connectivity index (χ4n) is 6.63. The number of nitrogens with two attached hydrogens (primary N) is 1. The first-order chi connectivity index (χ1) is 20.8. The van der Waals surface area contributed by atoms with E-state index in [2.05, 4.69) is 5.32 Å². The zero-order chi connectivity index (χ0) is 32.1. The molecule has 0 fully saturated rings. The van der Waals surface area contributed by atoms with Crippen LogP contribution < -0.4 is 11.1 Å². The van der Waals surface area contributed by atoms with Gasteiger partial charge in [0.05, 0.1) is 18.2 Å². The number of methoxy groups -OCH3 is 1. The van der Waals surface area contributed by atoms with E-state index >= 15 is 0 Å². The first-order valence-corrected chi connectivity index (χ1v) is 13.9. The molecule has 0 aliphatic heterocycles. The van der Waals surface area contributed by atoms with E-state index in [0.29, 0.717) is 22.4 Å². The second-order valence-electron chi connectivity index (χ2n) is 11.3. The molecule has 13 heteroatoms. The summed E-state index contributed by atoms with van der Waals surface area (Å²) in [5.41, 5.74) is 3.72. The van der Waals surface area contributed by atoms with Crippen molar-refractivity contribution in [2.24, 2.45) is 17.6 Å². The number of nitrogens with zero attached hydrogens (tertiary/aromatic N) is 1. The maximum absolute atomic E-state index is 13.9. The Labute approximate surface area is 252 Å². The molecule has 2 aromatic carbocycles. The summed E-state index contributed by atoms with van der Waals surface area (Å²) in [4.78, 5) is 53.0. The number of fused-ring (bicyclic) bond motifs is 3. The number of allylic oxidation sites excluding steroid dienone is 1. The van der Waals surface area contributed by atoms with Crippen molar-refractivity contribution in [3.63, 3.8) is 0 Å². The summed E-state index contributed by atoms with van der Waals surface area (Å²) >= 11 is 0. The van der Waals surface area contributed by atoms with Crippen molar-refractivity contribution in [1.82, 2.24) is 4.90 Å². The second-order valence-corrected chi connectivity index (χ2v) is 11.3. The lowest BCUT2D eigenvalue weighted by Crippen LogP contribution is -2.63. The Morgan fingerprint density at radius 1 is 1.07 bits per heavy atom. The molecule has 13 nitrogen and oxygen atoms in total. The molecule has 0 aromatic heterocycles. The van der Waals surface area contributed by atoms with E-state index in [1.54, 1.807) is 44.4 Å². The molecule has 4 atom stereocenters. The molecule has 3 aliphatic rings. The molecular weight excluding hydrogens is 574 g/mol. The van der Waals surface area contributed by atoms with E-state index in [9.17, 15) is 39.6 Å². The van der Waals surface area contributed by atoms with E-state index in [4.69, 9.17) is 15.2 Å². The number of amides is 2. The van der Waals surface area contributed by atoms with E-state index < -0.39 is 64.1 Å². The number of aliphatic hydroxyl groups is 3. The lowest BCUT2D eigenvalue weighted by atomic mass is 9.58. The minimum Gasteiger partial charge on any atom is -0.510 e. The summed E-state index contributed by atoms with van der Waals surface area (Å²) in [5, 5.41) is 47.5. The van der Waals surface area contributed by atoms with Gasteiger partial charge in [0.25, 0.3) is 5.91 Å². The Morgan fingerprint density at radius 3 is 2.36 bits per heavy atom. The van der Waals surface area contributed by atoms with Crippen molar-refractivity contribution in [2.45, 2.75) is 24.5 Å². The highest BCUT2D eigenvalue weighted by molar-refractivity contribution is 6.25.